The summed E-state index contributed by atoms with van der Waals surface area (Å²) in [6.07, 6.45) is 1.62. The van der Waals surface area contributed by atoms with Crippen molar-refractivity contribution < 1.29 is 4.42 Å². The summed E-state index contributed by atoms with van der Waals surface area (Å²) in [6.45, 7) is 0. The second-order valence-electron chi connectivity index (χ2n) is 5.12. The summed E-state index contributed by atoms with van der Waals surface area (Å²) in [5, 5.41) is 7.63. The van der Waals surface area contributed by atoms with E-state index >= 15 is 0 Å². The molecule has 24 heavy (non-hydrogen) atoms. The Kier molecular flexibility index (Phi) is 3.62. The van der Waals surface area contributed by atoms with Gasteiger partial charge in [-0.15, -0.1) is 5.10 Å². The Morgan fingerprint density at radius 3 is 2.71 bits per heavy atom. The standard InChI is InChI=1S/C17H15N5OS/c1-19-16-15(24-11-6-3-2-4-7-11)17-20-12(13-8-5-9-23-13)10-14(18)22(17)21-16/h2-10H,18H2,1H3,(H,19,21). The van der Waals surface area contributed by atoms with E-state index in [4.69, 9.17) is 15.1 Å². The van der Waals surface area contributed by atoms with Gasteiger partial charge in [0.15, 0.2) is 17.2 Å². The van der Waals surface area contributed by atoms with Gasteiger partial charge in [-0.25, -0.2) is 4.98 Å². The number of benzene rings is 1. The van der Waals surface area contributed by atoms with E-state index in [0.29, 0.717) is 22.9 Å². The maximum atomic E-state index is 6.18. The molecule has 1 aromatic carbocycles. The summed E-state index contributed by atoms with van der Waals surface area (Å²) in [4.78, 5) is 6.73. The minimum absolute atomic E-state index is 0.503. The summed E-state index contributed by atoms with van der Waals surface area (Å²) in [5.74, 6) is 1.91. The number of nitrogens with one attached hydrogen (secondary N) is 1. The van der Waals surface area contributed by atoms with Gasteiger partial charge in [-0.2, -0.15) is 4.52 Å². The molecule has 3 N–H and O–H groups in total. The molecule has 4 aromatic rings. The highest BCUT2D eigenvalue weighted by atomic mass is 32.2. The lowest BCUT2D eigenvalue weighted by Crippen LogP contribution is -2.01. The first kappa shape index (κ1) is 14.6. The van der Waals surface area contributed by atoms with Crippen molar-refractivity contribution in [1.82, 2.24) is 14.6 Å². The third-order valence-electron chi connectivity index (χ3n) is 3.55. The maximum Gasteiger partial charge on any atom is 0.174 e. The Morgan fingerprint density at radius 2 is 2.00 bits per heavy atom. The summed E-state index contributed by atoms with van der Waals surface area (Å²) in [5.41, 5.74) is 7.55. The minimum atomic E-state index is 0.503. The SMILES string of the molecule is CNc1nn2c(N)cc(-c3ccco3)nc2c1Sc1ccccc1. The molecule has 0 amide bonds. The molecule has 0 aliphatic carbocycles. The van der Waals surface area contributed by atoms with E-state index in [1.807, 2.05) is 49.5 Å². The number of rotatable bonds is 4. The average molecular weight is 337 g/mol. The van der Waals surface area contributed by atoms with Crippen molar-refractivity contribution in [3.8, 4) is 11.5 Å². The predicted octanol–water partition coefficient (Wildman–Crippen LogP) is 3.76. The van der Waals surface area contributed by atoms with Gasteiger partial charge in [0.1, 0.15) is 16.4 Å². The van der Waals surface area contributed by atoms with Crippen LogP contribution in [0, 0.1) is 0 Å². The third-order valence-corrected chi connectivity index (χ3v) is 4.64. The number of hydrogen-bond acceptors (Lipinski definition) is 6. The molecule has 120 valence electrons. The van der Waals surface area contributed by atoms with Crippen LogP contribution in [0.4, 0.5) is 11.6 Å². The van der Waals surface area contributed by atoms with Crippen molar-refractivity contribution >= 4 is 29.0 Å². The number of nitrogen functional groups attached to an aromatic ring is 1. The monoisotopic (exact) mass is 337 g/mol. The number of fused-ring (bicyclic) bond motifs is 1. The van der Waals surface area contributed by atoms with E-state index in [1.54, 1.807) is 28.6 Å². The van der Waals surface area contributed by atoms with Gasteiger partial charge in [-0.1, -0.05) is 30.0 Å². The van der Waals surface area contributed by atoms with E-state index < -0.39 is 0 Å². The van der Waals surface area contributed by atoms with Crippen LogP contribution in [0.1, 0.15) is 0 Å². The molecule has 0 saturated carbocycles. The fraction of sp³-hybridized carbons (Fsp3) is 0.0588. The first-order chi connectivity index (χ1) is 11.8. The molecule has 0 spiro atoms. The molecule has 3 aromatic heterocycles. The largest absolute Gasteiger partial charge is 0.463 e. The number of anilines is 2. The van der Waals surface area contributed by atoms with Gasteiger partial charge < -0.3 is 15.5 Å². The Balaban J connectivity index is 1.90. The zero-order valence-electron chi connectivity index (χ0n) is 12.9. The van der Waals surface area contributed by atoms with Gasteiger partial charge in [0, 0.05) is 18.0 Å². The average Bonchev–Trinajstić information content (AvgIpc) is 3.24. The van der Waals surface area contributed by atoms with Crippen LogP contribution in [0.3, 0.4) is 0 Å². The zero-order chi connectivity index (χ0) is 16.5. The molecule has 3 heterocycles. The minimum Gasteiger partial charge on any atom is -0.463 e. The van der Waals surface area contributed by atoms with E-state index in [2.05, 4.69) is 10.4 Å². The van der Waals surface area contributed by atoms with Crippen molar-refractivity contribution in [2.45, 2.75) is 9.79 Å². The molecule has 0 aliphatic heterocycles. The molecule has 0 radical (unpaired) electrons. The van der Waals surface area contributed by atoms with Crippen molar-refractivity contribution in [2.75, 3.05) is 18.1 Å². The van der Waals surface area contributed by atoms with Crippen LogP contribution in [0.25, 0.3) is 17.1 Å². The molecule has 4 rings (SSSR count). The van der Waals surface area contributed by atoms with Crippen molar-refractivity contribution in [3.63, 3.8) is 0 Å². The van der Waals surface area contributed by atoms with Crippen LogP contribution in [0.15, 0.2) is 69.0 Å². The van der Waals surface area contributed by atoms with Crippen molar-refractivity contribution in [2.24, 2.45) is 0 Å². The summed E-state index contributed by atoms with van der Waals surface area (Å²) in [6, 6.07) is 15.5. The van der Waals surface area contributed by atoms with Crippen LogP contribution in [-0.2, 0) is 0 Å². The van der Waals surface area contributed by atoms with Crippen LogP contribution in [0.5, 0.6) is 0 Å². The highest BCUT2D eigenvalue weighted by Gasteiger charge is 2.18. The number of aromatic nitrogens is 3. The zero-order valence-corrected chi connectivity index (χ0v) is 13.7. The molecular weight excluding hydrogens is 322 g/mol. The Morgan fingerprint density at radius 1 is 1.17 bits per heavy atom. The first-order valence-corrected chi connectivity index (χ1v) is 8.21. The summed E-state index contributed by atoms with van der Waals surface area (Å²) >= 11 is 1.60. The number of hydrogen-bond donors (Lipinski definition) is 2. The fourth-order valence-electron chi connectivity index (χ4n) is 2.44. The highest BCUT2D eigenvalue weighted by Crippen LogP contribution is 2.37. The normalized spacial score (nSPS) is 11.0. The van der Waals surface area contributed by atoms with Crippen LogP contribution in [0.2, 0.25) is 0 Å². The lowest BCUT2D eigenvalue weighted by Gasteiger charge is -2.04. The number of nitrogens with two attached hydrogens (primary N) is 1. The predicted molar refractivity (Wildman–Crippen MR) is 95.2 cm³/mol. The molecule has 0 fully saturated rings. The molecule has 0 bridgehead atoms. The molecule has 7 heteroatoms. The molecule has 0 unspecified atom stereocenters. The van der Waals surface area contributed by atoms with E-state index in [1.165, 1.54) is 0 Å². The Labute approximate surface area is 142 Å². The third kappa shape index (κ3) is 2.48. The van der Waals surface area contributed by atoms with E-state index in [9.17, 15) is 0 Å². The van der Waals surface area contributed by atoms with E-state index in [0.717, 1.165) is 15.6 Å². The topological polar surface area (TPSA) is 81.4 Å². The summed E-state index contributed by atoms with van der Waals surface area (Å²) < 4.78 is 7.09. The van der Waals surface area contributed by atoms with Gasteiger partial charge in [-0.3, -0.25) is 0 Å². The smallest absolute Gasteiger partial charge is 0.174 e. The second-order valence-corrected chi connectivity index (χ2v) is 6.21. The lowest BCUT2D eigenvalue weighted by molar-refractivity contribution is 0.580. The molecule has 6 nitrogen and oxygen atoms in total. The fourth-order valence-corrected chi connectivity index (χ4v) is 3.43. The number of furan rings is 1. The van der Waals surface area contributed by atoms with Crippen molar-refractivity contribution in [1.29, 1.82) is 0 Å². The van der Waals surface area contributed by atoms with Gasteiger partial charge in [-0.05, 0) is 24.3 Å². The number of nitrogens with zero attached hydrogens (tertiary/aromatic N) is 3. The van der Waals surface area contributed by atoms with Crippen LogP contribution >= 0.6 is 11.8 Å². The molecular formula is C17H15N5OS. The molecule has 0 aliphatic rings. The van der Waals surface area contributed by atoms with Crippen LogP contribution in [-0.4, -0.2) is 21.6 Å². The Hall–Kier alpha value is -2.93. The maximum absolute atomic E-state index is 6.18. The highest BCUT2D eigenvalue weighted by molar-refractivity contribution is 7.99. The van der Waals surface area contributed by atoms with Gasteiger partial charge >= 0.3 is 0 Å². The summed E-state index contributed by atoms with van der Waals surface area (Å²) in [7, 11) is 1.83. The van der Waals surface area contributed by atoms with Gasteiger partial charge in [0.05, 0.1) is 6.26 Å². The van der Waals surface area contributed by atoms with Crippen molar-refractivity contribution in [3.05, 3.63) is 54.8 Å². The molecule has 0 saturated heterocycles. The lowest BCUT2D eigenvalue weighted by atomic mass is 10.3. The second kappa shape index (κ2) is 5.93. The van der Waals surface area contributed by atoms with Crippen LogP contribution < -0.4 is 11.1 Å². The molecule has 0 atom stereocenters. The Bertz CT molecular complexity index is 979. The van der Waals surface area contributed by atoms with E-state index in [-0.39, 0.29) is 0 Å². The quantitative estimate of drug-likeness (QED) is 0.590. The van der Waals surface area contributed by atoms with Gasteiger partial charge in [0.2, 0.25) is 0 Å². The first-order valence-electron chi connectivity index (χ1n) is 7.40. The van der Waals surface area contributed by atoms with Gasteiger partial charge in [0.25, 0.3) is 0 Å².